The van der Waals surface area contributed by atoms with Gasteiger partial charge in [-0.05, 0) is 56.4 Å². The molecule has 2 saturated heterocycles. The molecule has 3 heteroatoms. The topological polar surface area (TPSA) is 21.7 Å². The summed E-state index contributed by atoms with van der Waals surface area (Å²) in [4.78, 5) is 2.73. The van der Waals surface area contributed by atoms with Crippen LogP contribution in [0.3, 0.4) is 0 Å². The molecule has 1 saturated carbocycles. The van der Waals surface area contributed by atoms with Gasteiger partial charge in [-0.2, -0.15) is 0 Å². The molecule has 0 bridgehead atoms. The molecule has 2 aliphatic heterocycles. The van der Waals surface area contributed by atoms with E-state index in [4.69, 9.17) is 9.47 Å². The monoisotopic (exact) mass is 343 g/mol. The number of nitrogens with zero attached hydrogens (tertiary/aromatic N) is 1. The van der Waals surface area contributed by atoms with Crippen molar-refractivity contribution in [1.82, 2.24) is 4.90 Å². The number of hydrogen-bond donors (Lipinski definition) is 0. The Labute approximate surface area is 152 Å². The van der Waals surface area contributed by atoms with Crippen LogP contribution in [0, 0.1) is 5.92 Å². The zero-order valence-corrected chi connectivity index (χ0v) is 15.5. The van der Waals surface area contributed by atoms with Gasteiger partial charge in [-0.1, -0.05) is 36.3 Å². The molecular formula is C22H33NO2. The van der Waals surface area contributed by atoms with Crippen LogP contribution in [0.2, 0.25) is 0 Å². The van der Waals surface area contributed by atoms with E-state index in [9.17, 15) is 0 Å². The number of likely N-dealkylation sites (tertiary alicyclic amines) is 1. The summed E-state index contributed by atoms with van der Waals surface area (Å²) in [5.41, 5.74) is 3.03. The molecule has 1 unspecified atom stereocenters. The van der Waals surface area contributed by atoms with Crippen LogP contribution in [0.1, 0.15) is 51.4 Å². The second-order valence-electron chi connectivity index (χ2n) is 8.11. The zero-order chi connectivity index (χ0) is 16.9. The van der Waals surface area contributed by atoms with E-state index in [1.807, 2.05) is 0 Å². The van der Waals surface area contributed by atoms with Crippen LogP contribution in [-0.4, -0.2) is 50.0 Å². The minimum Gasteiger partial charge on any atom is -0.381 e. The molecule has 1 atom stereocenters. The van der Waals surface area contributed by atoms with Crippen molar-refractivity contribution in [2.24, 2.45) is 5.92 Å². The SMILES string of the molecule is C1=CC(C=C2CCN(C3CCC3)CC2)CC=C1COC1CCOCC1. The van der Waals surface area contributed by atoms with E-state index in [0.717, 1.165) is 45.1 Å². The summed E-state index contributed by atoms with van der Waals surface area (Å²) >= 11 is 0. The zero-order valence-electron chi connectivity index (χ0n) is 15.5. The van der Waals surface area contributed by atoms with Crippen molar-refractivity contribution in [2.45, 2.75) is 63.5 Å². The number of allylic oxidation sites excluding steroid dienone is 3. The highest BCUT2D eigenvalue weighted by molar-refractivity contribution is 5.27. The van der Waals surface area contributed by atoms with Crippen LogP contribution >= 0.6 is 0 Å². The molecule has 0 amide bonds. The highest BCUT2D eigenvalue weighted by Gasteiger charge is 2.27. The number of piperidine rings is 1. The van der Waals surface area contributed by atoms with Gasteiger partial charge in [0.25, 0.3) is 0 Å². The van der Waals surface area contributed by atoms with E-state index in [1.54, 1.807) is 5.57 Å². The molecule has 2 heterocycles. The standard InChI is InChI=1S/C22H33NO2/c1-2-21(3-1)23-12-8-19(9-13-23)16-18-4-6-20(7-5-18)17-25-22-10-14-24-15-11-22/h4,6-7,16,18,21-22H,1-3,5,8-15,17H2. The van der Waals surface area contributed by atoms with Gasteiger partial charge in [-0.15, -0.1) is 0 Å². The van der Waals surface area contributed by atoms with Crippen molar-refractivity contribution < 1.29 is 9.47 Å². The van der Waals surface area contributed by atoms with E-state index in [2.05, 4.69) is 29.2 Å². The minimum atomic E-state index is 0.392. The Bertz CT molecular complexity index is 516. The van der Waals surface area contributed by atoms with Gasteiger partial charge < -0.3 is 9.47 Å². The maximum Gasteiger partial charge on any atom is 0.0717 e. The molecule has 4 aliphatic rings. The molecule has 3 fully saturated rings. The smallest absolute Gasteiger partial charge is 0.0717 e. The third kappa shape index (κ3) is 4.84. The van der Waals surface area contributed by atoms with E-state index < -0.39 is 0 Å². The van der Waals surface area contributed by atoms with Crippen molar-refractivity contribution >= 4 is 0 Å². The van der Waals surface area contributed by atoms with Crippen molar-refractivity contribution in [3.8, 4) is 0 Å². The van der Waals surface area contributed by atoms with E-state index >= 15 is 0 Å². The van der Waals surface area contributed by atoms with Gasteiger partial charge in [0.15, 0.2) is 0 Å². The number of ether oxygens (including phenoxy) is 2. The highest BCUT2D eigenvalue weighted by atomic mass is 16.5. The fourth-order valence-electron chi connectivity index (χ4n) is 4.37. The van der Waals surface area contributed by atoms with Crippen LogP contribution in [0.15, 0.2) is 35.5 Å². The fraction of sp³-hybridized carbons (Fsp3) is 0.727. The molecule has 0 spiro atoms. The Kier molecular flexibility index (Phi) is 6.06. The maximum absolute atomic E-state index is 6.04. The number of hydrogen-bond acceptors (Lipinski definition) is 3. The molecular weight excluding hydrogens is 310 g/mol. The van der Waals surface area contributed by atoms with Gasteiger partial charge >= 0.3 is 0 Å². The molecule has 2 aliphatic carbocycles. The first-order valence-corrected chi connectivity index (χ1v) is 10.4. The summed E-state index contributed by atoms with van der Waals surface area (Å²) in [7, 11) is 0. The van der Waals surface area contributed by atoms with Crippen molar-refractivity contribution in [1.29, 1.82) is 0 Å². The summed E-state index contributed by atoms with van der Waals surface area (Å²) in [5, 5.41) is 0. The summed E-state index contributed by atoms with van der Waals surface area (Å²) in [6.07, 6.45) is 20.1. The average Bonchev–Trinajstić information content (AvgIpc) is 2.62. The maximum atomic E-state index is 6.04. The van der Waals surface area contributed by atoms with Crippen molar-refractivity contribution in [2.75, 3.05) is 32.9 Å². The van der Waals surface area contributed by atoms with Crippen LogP contribution in [0.4, 0.5) is 0 Å². The molecule has 138 valence electrons. The molecule has 4 rings (SSSR count). The summed E-state index contributed by atoms with van der Waals surface area (Å²) in [5.74, 6) is 0.595. The third-order valence-corrected chi connectivity index (χ3v) is 6.34. The Morgan fingerprint density at radius 2 is 1.92 bits per heavy atom. The van der Waals surface area contributed by atoms with E-state index in [0.29, 0.717) is 12.0 Å². The lowest BCUT2D eigenvalue weighted by atomic mass is 9.88. The van der Waals surface area contributed by atoms with E-state index in [-0.39, 0.29) is 0 Å². The Morgan fingerprint density at radius 1 is 1.12 bits per heavy atom. The lowest BCUT2D eigenvalue weighted by molar-refractivity contribution is -0.0237. The van der Waals surface area contributed by atoms with Crippen LogP contribution < -0.4 is 0 Å². The van der Waals surface area contributed by atoms with Gasteiger partial charge in [-0.25, -0.2) is 0 Å². The molecule has 0 N–H and O–H groups in total. The van der Waals surface area contributed by atoms with Gasteiger partial charge in [0.05, 0.1) is 12.7 Å². The molecule has 0 aromatic heterocycles. The average molecular weight is 344 g/mol. The molecule has 0 aromatic carbocycles. The Morgan fingerprint density at radius 3 is 2.56 bits per heavy atom. The highest BCUT2D eigenvalue weighted by Crippen LogP contribution is 2.30. The van der Waals surface area contributed by atoms with Crippen LogP contribution in [0.5, 0.6) is 0 Å². The van der Waals surface area contributed by atoms with Gasteiger partial charge in [-0.3, -0.25) is 4.90 Å². The first-order chi connectivity index (χ1) is 12.4. The van der Waals surface area contributed by atoms with Gasteiger partial charge in [0.2, 0.25) is 0 Å². The molecule has 0 radical (unpaired) electrons. The van der Waals surface area contributed by atoms with Crippen molar-refractivity contribution in [3.05, 3.63) is 35.5 Å². The minimum absolute atomic E-state index is 0.392. The first kappa shape index (κ1) is 17.5. The Hall–Kier alpha value is -0.900. The van der Waals surface area contributed by atoms with Crippen molar-refractivity contribution in [3.63, 3.8) is 0 Å². The Balaban J connectivity index is 1.19. The summed E-state index contributed by atoms with van der Waals surface area (Å²) in [6.45, 7) is 5.04. The summed E-state index contributed by atoms with van der Waals surface area (Å²) in [6, 6.07) is 0.914. The normalized spacial score (nSPS) is 29.4. The quantitative estimate of drug-likeness (QED) is 0.696. The lowest BCUT2D eigenvalue weighted by Crippen LogP contribution is -2.43. The predicted octanol–water partition coefficient (Wildman–Crippen LogP) is 4.26. The first-order valence-electron chi connectivity index (χ1n) is 10.4. The van der Waals surface area contributed by atoms with Gasteiger partial charge in [0.1, 0.15) is 0 Å². The third-order valence-electron chi connectivity index (χ3n) is 6.34. The van der Waals surface area contributed by atoms with Crippen LogP contribution in [-0.2, 0) is 9.47 Å². The van der Waals surface area contributed by atoms with Gasteiger partial charge in [0, 0.05) is 32.3 Å². The number of rotatable bonds is 5. The molecule has 0 aromatic rings. The lowest BCUT2D eigenvalue weighted by Gasteiger charge is -2.40. The predicted molar refractivity (Wildman–Crippen MR) is 102 cm³/mol. The van der Waals surface area contributed by atoms with Crippen LogP contribution in [0.25, 0.3) is 0 Å². The second kappa shape index (κ2) is 8.66. The second-order valence-corrected chi connectivity index (χ2v) is 8.11. The largest absolute Gasteiger partial charge is 0.381 e. The molecule has 25 heavy (non-hydrogen) atoms. The van der Waals surface area contributed by atoms with E-state index in [1.165, 1.54) is 50.8 Å². The summed E-state index contributed by atoms with van der Waals surface area (Å²) < 4.78 is 11.4. The molecule has 3 nitrogen and oxygen atoms in total. The fourth-order valence-corrected chi connectivity index (χ4v) is 4.37.